The molecule has 0 aliphatic rings. The van der Waals surface area contributed by atoms with Gasteiger partial charge in [0.2, 0.25) is 0 Å². The van der Waals surface area contributed by atoms with Crippen LogP contribution in [-0.2, 0) is 0 Å². The minimum atomic E-state index is -0.193. The van der Waals surface area contributed by atoms with Crippen molar-refractivity contribution in [3.05, 3.63) is 24.3 Å². The zero-order valence-corrected chi connectivity index (χ0v) is 13.5. The van der Waals surface area contributed by atoms with Gasteiger partial charge in [-0.25, -0.2) is 0 Å². The van der Waals surface area contributed by atoms with Crippen LogP contribution in [0.15, 0.2) is 24.3 Å². The van der Waals surface area contributed by atoms with Crippen molar-refractivity contribution in [3.63, 3.8) is 0 Å². The van der Waals surface area contributed by atoms with Crippen LogP contribution in [0.1, 0.15) is 39.5 Å². The fraction of sp³-hybridized carbons (Fsp3) is 0.647. The minimum Gasteiger partial charge on any atom is -0.490 e. The van der Waals surface area contributed by atoms with Crippen molar-refractivity contribution in [1.29, 1.82) is 0 Å². The van der Waals surface area contributed by atoms with Crippen molar-refractivity contribution < 1.29 is 14.6 Å². The lowest BCUT2D eigenvalue weighted by Crippen LogP contribution is -2.46. The van der Waals surface area contributed by atoms with Gasteiger partial charge in [-0.05, 0) is 44.9 Å². The third-order valence-electron chi connectivity index (χ3n) is 3.88. The molecule has 1 rings (SSSR count). The molecule has 0 radical (unpaired) electrons. The van der Waals surface area contributed by atoms with Gasteiger partial charge in [-0.2, -0.15) is 0 Å². The van der Waals surface area contributed by atoms with Crippen LogP contribution >= 0.6 is 0 Å². The average Bonchev–Trinajstić information content (AvgIpc) is 2.54. The summed E-state index contributed by atoms with van der Waals surface area (Å²) >= 11 is 0. The van der Waals surface area contributed by atoms with Crippen molar-refractivity contribution >= 4 is 0 Å². The van der Waals surface area contributed by atoms with E-state index in [1.165, 1.54) is 0 Å². The van der Waals surface area contributed by atoms with E-state index in [0.717, 1.165) is 37.2 Å². The number of para-hydroxylation sites is 2. The lowest BCUT2D eigenvalue weighted by Gasteiger charge is -2.30. The second-order valence-corrected chi connectivity index (χ2v) is 5.29. The topological polar surface area (TPSA) is 50.7 Å². The van der Waals surface area contributed by atoms with Crippen LogP contribution in [0, 0.1) is 0 Å². The van der Waals surface area contributed by atoms with Crippen LogP contribution in [0.3, 0.4) is 0 Å². The highest BCUT2D eigenvalue weighted by Gasteiger charge is 2.24. The Morgan fingerprint density at radius 1 is 1.10 bits per heavy atom. The predicted octanol–water partition coefficient (Wildman–Crippen LogP) is 2.99. The Morgan fingerprint density at radius 3 is 2.19 bits per heavy atom. The van der Waals surface area contributed by atoms with Crippen molar-refractivity contribution in [2.75, 3.05) is 26.9 Å². The van der Waals surface area contributed by atoms with Crippen molar-refractivity contribution in [2.45, 2.75) is 45.1 Å². The van der Waals surface area contributed by atoms with Crippen molar-refractivity contribution in [3.8, 4) is 11.5 Å². The summed E-state index contributed by atoms with van der Waals surface area (Å²) in [6, 6.07) is 7.77. The summed E-state index contributed by atoms with van der Waals surface area (Å²) in [7, 11) is 1.90. The monoisotopic (exact) mass is 295 g/mol. The maximum atomic E-state index is 9.51. The molecule has 2 N–H and O–H groups in total. The first kappa shape index (κ1) is 17.8. The summed E-state index contributed by atoms with van der Waals surface area (Å²) in [5.74, 6) is 1.60. The van der Waals surface area contributed by atoms with Crippen LogP contribution in [0.25, 0.3) is 0 Å². The largest absolute Gasteiger partial charge is 0.490 e. The number of hydrogen-bond donors (Lipinski definition) is 2. The Balaban J connectivity index is 2.45. The molecule has 0 aliphatic carbocycles. The predicted molar refractivity (Wildman–Crippen MR) is 86.1 cm³/mol. The number of ether oxygens (including phenoxy) is 2. The van der Waals surface area contributed by atoms with Gasteiger partial charge in [0, 0.05) is 5.54 Å². The van der Waals surface area contributed by atoms with Crippen LogP contribution in [0.2, 0.25) is 0 Å². The average molecular weight is 295 g/mol. The maximum Gasteiger partial charge on any atom is 0.161 e. The number of hydrogen-bond acceptors (Lipinski definition) is 4. The van der Waals surface area contributed by atoms with E-state index in [9.17, 15) is 5.11 Å². The Hall–Kier alpha value is -1.26. The van der Waals surface area contributed by atoms with E-state index in [-0.39, 0.29) is 12.1 Å². The van der Waals surface area contributed by atoms with Gasteiger partial charge in [0.15, 0.2) is 11.5 Å². The molecule has 0 aliphatic heterocycles. The molecule has 120 valence electrons. The van der Waals surface area contributed by atoms with Gasteiger partial charge in [0.25, 0.3) is 0 Å². The van der Waals surface area contributed by atoms with E-state index >= 15 is 0 Å². The quantitative estimate of drug-likeness (QED) is 0.616. The summed E-state index contributed by atoms with van der Waals surface area (Å²) in [4.78, 5) is 0. The highest BCUT2D eigenvalue weighted by molar-refractivity contribution is 5.39. The second-order valence-electron chi connectivity index (χ2n) is 5.29. The zero-order chi connectivity index (χ0) is 15.6. The Bertz CT molecular complexity index is 383. The van der Waals surface area contributed by atoms with E-state index in [2.05, 4.69) is 19.2 Å². The fourth-order valence-electron chi connectivity index (χ4n) is 2.24. The van der Waals surface area contributed by atoms with Gasteiger partial charge in [-0.15, -0.1) is 0 Å². The maximum absolute atomic E-state index is 9.51. The molecule has 0 bridgehead atoms. The molecule has 0 aromatic heterocycles. The first-order valence-corrected chi connectivity index (χ1v) is 7.85. The molecule has 21 heavy (non-hydrogen) atoms. The van der Waals surface area contributed by atoms with Crippen LogP contribution in [0.4, 0.5) is 0 Å². The normalized spacial score (nSPS) is 13.7. The molecule has 0 heterocycles. The SMILES string of the molecule is CCCOc1ccccc1OCCCC(CC)(CO)NC. The summed E-state index contributed by atoms with van der Waals surface area (Å²) in [6.45, 7) is 5.64. The van der Waals surface area contributed by atoms with E-state index in [1.807, 2.05) is 31.3 Å². The van der Waals surface area contributed by atoms with Gasteiger partial charge >= 0.3 is 0 Å². The number of likely N-dealkylation sites (N-methyl/N-ethyl adjacent to an activating group) is 1. The first-order valence-electron chi connectivity index (χ1n) is 7.85. The lowest BCUT2D eigenvalue weighted by molar-refractivity contribution is 0.144. The minimum absolute atomic E-state index is 0.149. The number of benzene rings is 1. The van der Waals surface area contributed by atoms with E-state index < -0.39 is 0 Å². The molecule has 0 spiro atoms. The van der Waals surface area contributed by atoms with Gasteiger partial charge in [0.05, 0.1) is 19.8 Å². The molecular weight excluding hydrogens is 266 g/mol. The van der Waals surface area contributed by atoms with E-state index in [4.69, 9.17) is 9.47 Å². The van der Waals surface area contributed by atoms with Crippen molar-refractivity contribution in [2.24, 2.45) is 0 Å². The summed E-state index contributed by atoms with van der Waals surface area (Å²) in [5, 5.41) is 12.7. The van der Waals surface area contributed by atoms with Crippen LogP contribution in [-0.4, -0.2) is 37.5 Å². The van der Waals surface area contributed by atoms with Crippen molar-refractivity contribution in [1.82, 2.24) is 5.32 Å². The third-order valence-corrected chi connectivity index (χ3v) is 3.88. The number of nitrogens with one attached hydrogen (secondary N) is 1. The third kappa shape index (κ3) is 5.56. The van der Waals surface area contributed by atoms with E-state index in [1.54, 1.807) is 0 Å². The summed E-state index contributed by atoms with van der Waals surface area (Å²) < 4.78 is 11.5. The fourth-order valence-corrected chi connectivity index (χ4v) is 2.24. The molecule has 1 aromatic rings. The summed E-state index contributed by atoms with van der Waals surface area (Å²) in [5.41, 5.74) is -0.193. The van der Waals surface area contributed by atoms with Gasteiger partial charge in [-0.1, -0.05) is 26.0 Å². The summed E-state index contributed by atoms with van der Waals surface area (Å²) in [6.07, 6.45) is 3.65. The number of aliphatic hydroxyl groups excluding tert-OH is 1. The standard InChI is InChI=1S/C17H29NO3/c1-4-12-20-15-9-6-7-10-16(15)21-13-8-11-17(5-2,14-19)18-3/h6-7,9-10,18-19H,4-5,8,11-14H2,1-3H3. The Labute approximate surface area is 128 Å². The molecule has 1 aromatic carbocycles. The zero-order valence-electron chi connectivity index (χ0n) is 13.5. The Morgan fingerprint density at radius 2 is 1.71 bits per heavy atom. The highest BCUT2D eigenvalue weighted by Crippen LogP contribution is 2.27. The highest BCUT2D eigenvalue weighted by atomic mass is 16.5. The molecular formula is C17H29NO3. The van der Waals surface area contributed by atoms with Gasteiger partial charge in [-0.3, -0.25) is 0 Å². The molecule has 4 nitrogen and oxygen atoms in total. The molecule has 4 heteroatoms. The smallest absolute Gasteiger partial charge is 0.161 e. The van der Waals surface area contributed by atoms with Gasteiger partial charge in [0.1, 0.15) is 0 Å². The molecule has 0 amide bonds. The number of rotatable bonds is 11. The Kier molecular flexibility index (Phi) is 8.16. The molecule has 1 unspecified atom stereocenters. The van der Waals surface area contributed by atoms with Crippen LogP contribution < -0.4 is 14.8 Å². The van der Waals surface area contributed by atoms with E-state index in [0.29, 0.717) is 13.2 Å². The molecule has 1 atom stereocenters. The molecule has 0 fully saturated rings. The van der Waals surface area contributed by atoms with Gasteiger partial charge < -0.3 is 19.9 Å². The molecule has 0 saturated carbocycles. The first-order chi connectivity index (χ1) is 10.2. The lowest BCUT2D eigenvalue weighted by atomic mass is 9.92. The number of aliphatic hydroxyl groups is 1. The second kappa shape index (κ2) is 9.64. The van der Waals surface area contributed by atoms with Crippen LogP contribution in [0.5, 0.6) is 11.5 Å². The molecule has 0 saturated heterocycles.